The number of carboxylic acids is 1. The Morgan fingerprint density at radius 2 is 2.25 bits per heavy atom. The lowest BCUT2D eigenvalue weighted by atomic mass is 10.1. The number of benzene rings is 1. The third-order valence-electron chi connectivity index (χ3n) is 2.40. The molecule has 16 heavy (non-hydrogen) atoms. The molecule has 0 radical (unpaired) electrons. The van der Waals surface area contributed by atoms with Gasteiger partial charge in [0.2, 0.25) is 0 Å². The molecule has 0 saturated heterocycles. The summed E-state index contributed by atoms with van der Waals surface area (Å²) >= 11 is 5.82. The lowest BCUT2D eigenvalue weighted by molar-refractivity contribution is -0.138. The minimum Gasteiger partial charge on any atom is -0.480 e. The van der Waals surface area contributed by atoms with Crippen LogP contribution in [0.15, 0.2) is 18.2 Å². The van der Waals surface area contributed by atoms with Crippen LogP contribution in [-0.2, 0) is 4.79 Å². The van der Waals surface area contributed by atoms with Crippen LogP contribution < -0.4 is 4.90 Å². The van der Waals surface area contributed by atoms with E-state index in [9.17, 15) is 4.79 Å². The van der Waals surface area contributed by atoms with Crippen LogP contribution in [0.2, 0.25) is 5.02 Å². The highest BCUT2D eigenvalue weighted by atomic mass is 35.5. The number of nitriles is 1. The highest BCUT2D eigenvalue weighted by molar-refractivity contribution is 6.30. The highest BCUT2D eigenvalue weighted by Crippen LogP contribution is 2.24. The number of halogens is 1. The van der Waals surface area contributed by atoms with Crippen LogP contribution in [0.1, 0.15) is 12.5 Å². The van der Waals surface area contributed by atoms with Crippen molar-refractivity contribution < 1.29 is 9.90 Å². The quantitative estimate of drug-likeness (QED) is 0.876. The molecular formula is C11H11ClN2O2. The van der Waals surface area contributed by atoms with Gasteiger partial charge in [-0.25, -0.2) is 4.79 Å². The van der Waals surface area contributed by atoms with Crippen molar-refractivity contribution in [2.45, 2.75) is 13.0 Å². The van der Waals surface area contributed by atoms with Gasteiger partial charge in [0.1, 0.15) is 12.1 Å². The number of hydrogen-bond acceptors (Lipinski definition) is 3. The summed E-state index contributed by atoms with van der Waals surface area (Å²) in [6.45, 7) is 1.55. The molecule has 1 aromatic rings. The average molecular weight is 239 g/mol. The number of likely N-dealkylation sites (N-methyl/N-ethyl adjacent to an activating group) is 1. The molecule has 1 unspecified atom stereocenters. The van der Waals surface area contributed by atoms with Crippen molar-refractivity contribution in [3.05, 3.63) is 28.8 Å². The van der Waals surface area contributed by atoms with Gasteiger partial charge >= 0.3 is 5.97 Å². The molecule has 0 fully saturated rings. The zero-order chi connectivity index (χ0) is 12.3. The van der Waals surface area contributed by atoms with E-state index in [2.05, 4.69) is 0 Å². The monoisotopic (exact) mass is 238 g/mol. The van der Waals surface area contributed by atoms with E-state index in [1.165, 1.54) is 4.90 Å². The maximum atomic E-state index is 10.8. The lowest BCUT2D eigenvalue weighted by Crippen LogP contribution is -2.36. The minimum atomic E-state index is -0.952. The molecule has 4 nitrogen and oxygen atoms in total. The first-order valence-electron chi connectivity index (χ1n) is 4.62. The van der Waals surface area contributed by atoms with Crippen molar-refractivity contribution in [1.29, 1.82) is 5.26 Å². The van der Waals surface area contributed by atoms with E-state index in [1.54, 1.807) is 32.2 Å². The molecule has 1 N–H and O–H groups in total. The zero-order valence-corrected chi connectivity index (χ0v) is 9.69. The molecule has 0 aliphatic heterocycles. The predicted octanol–water partition coefficient (Wildman–Crippen LogP) is 2.12. The maximum Gasteiger partial charge on any atom is 0.326 e. The van der Waals surface area contributed by atoms with Crippen molar-refractivity contribution in [3.63, 3.8) is 0 Å². The average Bonchev–Trinajstić information content (AvgIpc) is 2.26. The summed E-state index contributed by atoms with van der Waals surface area (Å²) in [5, 5.41) is 18.3. The minimum absolute atomic E-state index is 0.403. The van der Waals surface area contributed by atoms with E-state index in [4.69, 9.17) is 22.0 Å². The van der Waals surface area contributed by atoms with Gasteiger partial charge in [-0.1, -0.05) is 11.6 Å². The standard InChI is InChI=1S/C11H11ClN2O2/c1-7(11(15)16)14(2)10-5-9(12)4-3-8(10)6-13/h3-5,7H,1-2H3,(H,15,16). The lowest BCUT2D eigenvalue weighted by Gasteiger charge is -2.24. The van der Waals surface area contributed by atoms with Gasteiger partial charge in [0, 0.05) is 12.1 Å². The summed E-state index contributed by atoms with van der Waals surface area (Å²) < 4.78 is 0. The summed E-state index contributed by atoms with van der Waals surface area (Å²) in [5.41, 5.74) is 0.921. The second-order valence-electron chi connectivity index (χ2n) is 3.40. The van der Waals surface area contributed by atoms with Crippen LogP contribution in [-0.4, -0.2) is 24.2 Å². The highest BCUT2D eigenvalue weighted by Gasteiger charge is 2.19. The van der Waals surface area contributed by atoms with Crippen molar-refractivity contribution in [2.24, 2.45) is 0 Å². The second-order valence-corrected chi connectivity index (χ2v) is 3.83. The van der Waals surface area contributed by atoms with Crippen LogP contribution in [0.5, 0.6) is 0 Å². The fraction of sp³-hybridized carbons (Fsp3) is 0.273. The van der Waals surface area contributed by atoms with Gasteiger partial charge in [-0.3, -0.25) is 0 Å². The summed E-state index contributed by atoms with van der Waals surface area (Å²) in [6.07, 6.45) is 0. The molecule has 5 heteroatoms. The Labute approximate surface area is 98.7 Å². The van der Waals surface area contributed by atoms with Crippen LogP contribution in [0.3, 0.4) is 0 Å². The topological polar surface area (TPSA) is 64.3 Å². The van der Waals surface area contributed by atoms with E-state index in [0.717, 1.165) is 0 Å². The first-order chi connectivity index (χ1) is 7.47. The fourth-order valence-corrected chi connectivity index (χ4v) is 1.43. The Hall–Kier alpha value is -1.73. The maximum absolute atomic E-state index is 10.8. The largest absolute Gasteiger partial charge is 0.480 e. The molecule has 1 atom stereocenters. The normalized spacial score (nSPS) is 11.6. The number of nitrogens with zero attached hydrogens (tertiary/aromatic N) is 2. The first kappa shape index (κ1) is 12.3. The molecule has 0 aliphatic rings. The van der Waals surface area contributed by atoms with Gasteiger partial charge in [0.25, 0.3) is 0 Å². The molecule has 84 valence electrons. The number of carbonyl (C=O) groups is 1. The summed E-state index contributed by atoms with van der Waals surface area (Å²) in [6, 6.07) is 6.04. The van der Waals surface area contributed by atoms with Gasteiger partial charge in [-0.05, 0) is 25.1 Å². The van der Waals surface area contributed by atoms with Crippen LogP contribution in [0.4, 0.5) is 5.69 Å². The molecular weight excluding hydrogens is 228 g/mol. The van der Waals surface area contributed by atoms with E-state index in [0.29, 0.717) is 16.3 Å². The summed E-state index contributed by atoms with van der Waals surface area (Å²) in [4.78, 5) is 12.3. The molecule has 0 spiro atoms. The summed E-state index contributed by atoms with van der Waals surface area (Å²) in [7, 11) is 1.62. The van der Waals surface area contributed by atoms with Gasteiger partial charge in [-0.15, -0.1) is 0 Å². The number of hydrogen-bond donors (Lipinski definition) is 1. The Morgan fingerprint density at radius 3 is 2.75 bits per heavy atom. The van der Waals surface area contributed by atoms with Crippen molar-refractivity contribution in [1.82, 2.24) is 0 Å². The van der Waals surface area contributed by atoms with Crippen molar-refractivity contribution >= 4 is 23.3 Å². The molecule has 0 aromatic heterocycles. The molecule has 0 aliphatic carbocycles. The van der Waals surface area contributed by atoms with Gasteiger partial charge in [-0.2, -0.15) is 5.26 Å². The van der Waals surface area contributed by atoms with E-state index >= 15 is 0 Å². The van der Waals surface area contributed by atoms with E-state index in [1.807, 2.05) is 6.07 Å². The second kappa shape index (κ2) is 4.86. The van der Waals surface area contributed by atoms with Crippen LogP contribution in [0, 0.1) is 11.3 Å². The van der Waals surface area contributed by atoms with Gasteiger partial charge in [0.15, 0.2) is 0 Å². The third kappa shape index (κ3) is 2.44. The number of carboxylic acid groups (broad SMARTS) is 1. The van der Waals surface area contributed by atoms with E-state index < -0.39 is 12.0 Å². The van der Waals surface area contributed by atoms with Crippen molar-refractivity contribution in [3.8, 4) is 6.07 Å². The summed E-state index contributed by atoms with van der Waals surface area (Å²) in [5.74, 6) is -0.952. The fourth-order valence-electron chi connectivity index (χ4n) is 1.27. The Kier molecular flexibility index (Phi) is 3.75. The zero-order valence-electron chi connectivity index (χ0n) is 8.94. The Bertz CT molecular complexity index is 454. The molecule has 0 bridgehead atoms. The number of aliphatic carboxylic acids is 1. The van der Waals surface area contributed by atoms with Crippen molar-refractivity contribution in [2.75, 3.05) is 11.9 Å². The van der Waals surface area contributed by atoms with E-state index in [-0.39, 0.29) is 0 Å². The molecule has 1 rings (SSSR count). The number of anilines is 1. The Morgan fingerprint density at radius 1 is 1.62 bits per heavy atom. The smallest absolute Gasteiger partial charge is 0.326 e. The van der Waals surface area contributed by atoms with Gasteiger partial charge in [0.05, 0.1) is 11.3 Å². The SMILES string of the molecule is CC(C(=O)O)N(C)c1cc(Cl)ccc1C#N. The first-order valence-corrected chi connectivity index (χ1v) is 5.00. The molecule has 0 heterocycles. The predicted molar refractivity (Wildman–Crippen MR) is 61.7 cm³/mol. The third-order valence-corrected chi connectivity index (χ3v) is 2.63. The molecule has 1 aromatic carbocycles. The number of rotatable bonds is 3. The Balaban J connectivity index is 3.17. The molecule has 0 saturated carbocycles. The molecule has 0 amide bonds. The van der Waals surface area contributed by atoms with Gasteiger partial charge < -0.3 is 10.0 Å². The van der Waals surface area contributed by atoms with Crippen LogP contribution in [0.25, 0.3) is 0 Å². The van der Waals surface area contributed by atoms with Crippen LogP contribution >= 0.6 is 11.6 Å².